The van der Waals surface area contributed by atoms with Gasteiger partial charge < -0.3 is 15.5 Å². The number of benzene rings is 1. The van der Waals surface area contributed by atoms with Gasteiger partial charge in [-0.3, -0.25) is 4.79 Å². The molecule has 0 aliphatic heterocycles. The first-order chi connectivity index (χ1) is 10.7. The Balaban J connectivity index is 1.85. The highest BCUT2D eigenvalue weighted by Gasteiger charge is 2.06. The SMILES string of the molecule is Nc1ncc(-c2cc[nH]c(=O)c2)cc1OCc1ccccc1. The zero-order valence-electron chi connectivity index (χ0n) is 11.8. The summed E-state index contributed by atoms with van der Waals surface area (Å²) in [7, 11) is 0. The number of anilines is 1. The molecule has 0 saturated heterocycles. The van der Waals surface area contributed by atoms with Crippen LogP contribution in [0.25, 0.3) is 11.1 Å². The lowest BCUT2D eigenvalue weighted by atomic mass is 10.1. The molecule has 0 aliphatic carbocycles. The van der Waals surface area contributed by atoms with E-state index in [0.717, 1.165) is 16.7 Å². The van der Waals surface area contributed by atoms with Crippen LogP contribution in [-0.2, 0) is 6.61 Å². The van der Waals surface area contributed by atoms with E-state index in [0.29, 0.717) is 18.2 Å². The molecule has 0 aliphatic rings. The summed E-state index contributed by atoms with van der Waals surface area (Å²) >= 11 is 0. The molecule has 5 heteroatoms. The van der Waals surface area contributed by atoms with E-state index in [2.05, 4.69) is 9.97 Å². The average molecular weight is 293 g/mol. The van der Waals surface area contributed by atoms with Crippen molar-refractivity contribution < 1.29 is 4.74 Å². The lowest BCUT2D eigenvalue weighted by Gasteiger charge is -2.10. The predicted molar refractivity (Wildman–Crippen MR) is 85.5 cm³/mol. The number of nitrogens with two attached hydrogens (primary N) is 1. The molecule has 0 unspecified atom stereocenters. The summed E-state index contributed by atoms with van der Waals surface area (Å²) in [4.78, 5) is 18.1. The second-order valence-corrected chi connectivity index (χ2v) is 4.82. The Morgan fingerprint density at radius 1 is 1.09 bits per heavy atom. The predicted octanol–water partition coefficient (Wildman–Crippen LogP) is 2.60. The summed E-state index contributed by atoms with van der Waals surface area (Å²) in [6, 6.07) is 14.9. The molecule has 1 aromatic carbocycles. The number of ether oxygens (including phenoxy) is 1. The molecule has 3 aromatic rings. The highest BCUT2D eigenvalue weighted by atomic mass is 16.5. The maximum Gasteiger partial charge on any atom is 0.248 e. The Kier molecular flexibility index (Phi) is 3.87. The van der Waals surface area contributed by atoms with E-state index in [9.17, 15) is 4.79 Å². The van der Waals surface area contributed by atoms with E-state index in [-0.39, 0.29) is 5.56 Å². The maximum atomic E-state index is 11.4. The van der Waals surface area contributed by atoms with Gasteiger partial charge in [-0.05, 0) is 23.3 Å². The average Bonchev–Trinajstić information content (AvgIpc) is 2.55. The van der Waals surface area contributed by atoms with Crippen LogP contribution < -0.4 is 16.0 Å². The third-order valence-corrected chi connectivity index (χ3v) is 3.23. The molecule has 2 aromatic heterocycles. The van der Waals surface area contributed by atoms with Gasteiger partial charge in [0.1, 0.15) is 6.61 Å². The van der Waals surface area contributed by atoms with Crippen molar-refractivity contribution in [2.24, 2.45) is 0 Å². The van der Waals surface area contributed by atoms with Crippen molar-refractivity contribution in [2.75, 3.05) is 5.73 Å². The second-order valence-electron chi connectivity index (χ2n) is 4.82. The Labute approximate surface area is 127 Å². The first-order valence-corrected chi connectivity index (χ1v) is 6.84. The molecule has 0 saturated carbocycles. The van der Waals surface area contributed by atoms with E-state index < -0.39 is 0 Å². The van der Waals surface area contributed by atoms with Crippen molar-refractivity contribution in [3.8, 4) is 16.9 Å². The molecular formula is C17H15N3O2. The fourth-order valence-corrected chi connectivity index (χ4v) is 2.09. The number of aromatic amines is 1. The van der Waals surface area contributed by atoms with Gasteiger partial charge in [-0.1, -0.05) is 30.3 Å². The number of pyridine rings is 2. The summed E-state index contributed by atoms with van der Waals surface area (Å²) in [5, 5.41) is 0. The standard InChI is InChI=1S/C17H15N3O2/c18-17-15(22-11-12-4-2-1-3-5-12)8-14(10-20-17)13-6-7-19-16(21)9-13/h1-10H,11H2,(H2,18,20)(H,19,21). The van der Waals surface area contributed by atoms with Crippen LogP contribution in [0.2, 0.25) is 0 Å². The largest absolute Gasteiger partial charge is 0.485 e. The number of nitrogens with zero attached hydrogens (tertiary/aromatic N) is 1. The molecule has 3 N–H and O–H groups in total. The minimum absolute atomic E-state index is 0.166. The van der Waals surface area contributed by atoms with Crippen molar-refractivity contribution in [2.45, 2.75) is 6.61 Å². The van der Waals surface area contributed by atoms with Crippen LogP contribution in [0.15, 0.2) is 65.7 Å². The van der Waals surface area contributed by atoms with Crippen LogP contribution in [0, 0.1) is 0 Å². The van der Waals surface area contributed by atoms with Crippen molar-refractivity contribution in [1.29, 1.82) is 0 Å². The fraction of sp³-hybridized carbons (Fsp3) is 0.0588. The van der Waals surface area contributed by atoms with E-state index >= 15 is 0 Å². The van der Waals surface area contributed by atoms with Crippen molar-refractivity contribution in [3.05, 3.63) is 76.8 Å². The summed E-state index contributed by atoms with van der Waals surface area (Å²) in [5.41, 5.74) is 8.28. The van der Waals surface area contributed by atoms with Crippen LogP contribution in [0.4, 0.5) is 5.82 Å². The zero-order valence-corrected chi connectivity index (χ0v) is 11.8. The third-order valence-electron chi connectivity index (χ3n) is 3.23. The Morgan fingerprint density at radius 2 is 1.91 bits per heavy atom. The van der Waals surface area contributed by atoms with Crippen LogP contribution in [0.1, 0.15) is 5.56 Å². The normalized spacial score (nSPS) is 10.4. The summed E-state index contributed by atoms with van der Waals surface area (Å²) < 4.78 is 5.74. The molecule has 0 radical (unpaired) electrons. The molecule has 3 rings (SSSR count). The van der Waals surface area contributed by atoms with Crippen molar-refractivity contribution in [1.82, 2.24) is 9.97 Å². The van der Waals surface area contributed by atoms with Gasteiger partial charge in [-0.2, -0.15) is 0 Å². The number of aromatic nitrogens is 2. The first kappa shape index (κ1) is 13.9. The molecule has 0 spiro atoms. The topological polar surface area (TPSA) is 81.0 Å². The quantitative estimate of drug-likeness (QED) is 0.774. The number of H-pyrrole nitrogens is 1. The molecule has 0 atom stereocenters. The molecule has 2 heterocycles. The minimum Gasteiger partial charge on any atom is -0.485 e. The number of nitrogens with one attached hydrogen (secondary N) is 1. The Bertz CT molecular complexity index is 829. The van der Waals surface area contributed by atoms with E-state index in [4.69, 9.17) is 10.5 Å². The van der Waals surface area contributed by atoms with Crippen LogP contribution >= 0.6 is 0 Å². The van der Waals surface area contributed by atoms with E-state index in [1.165, 1.54) is 6.07 Å². The molecule has 110 valence electrons. The second kappa shape index (κ2) is 6.13. The monoisotopic (exact) mass is 293 g/mol. The lowest BCUT2D eigenvalue weighted by Crippen LogP contribution is -2.03. The number of nitrogen functional groups attached to an aromatic ring is 1. The molecule has 0 bridgehead atoms. The van der Waals surface area contributed by atoms with Gasteiger partial charge in [0.05, 0.1) is 0 Å². The zero-order chi connectivity index (χ0) is 15.4. The summed E-state index contributed by atoms with van der Waals surface area (Å²) in [6.45, 7) is 0.408. The van der Waals surface area contributed by atoms with Gasteiger partial charge in [0.25, 0.3) is 0 Å². The highest BCUT2D eigenvalue weighted by molar-refractivity contribution is 5.66. The van der Waals surface area contributed by atoms with Gasteiger partial charge in [-0.15, -0.1) is 0 Å². The molecule has 5 nitrogen and oxygen atoms in total. The Morgan fingerprint density at radius 3 is 2.68 bits per heavy atom. The molecule has 0 amide bonds. The van der Waals surface area contributed by atoms with Crippen LogP contribution in [-0.4, -0.2) is 9.97 Å². The van der Waals surface area contributed by atoms with Crippen LogP contribution in [0.3, 0.4) is 0 Å². The van der Waals surface area contributed by atoms with Gasteiger partial charge in [-0.25, -0.2) is 4.98 Å². The minimum atomic E-state index is -0.166. The lowest BCUT2D eigenvalue weighted by molar-refractivity contribution is 0.307. The number of hydrogen-bond donors (Lipinski definition) is 2. The smallest absolute Gasteiger partial charge is 0.248 e. The summed E-state index contributed by atoms with van der Waals surface area (Å²) in [6.07, 6.45) is 3.22. The van der Waals surface area contributed by atoms with Gasteiger partial charge in [0.15, 0.2) is 11.6 Å². The fourth-order valence-electron chi connectivity index (χ4n) is 2.09. The van der Waals surface area contributed by atoms with Gasteiger partial charge in [0, 0.05) is 24.0 Å². The highest BCUT2D eigenvalue weighted by Crippen LogP contribution is 2.26. The van der Waals surface area contributed by atoms with Crippen molar-refractivity contribution >= 4 is 5.82 Å². The maximum absolute atomic E-state index is 11.4. The van der Waals surface area contributed by atoms with E-state index in [1.807, 2.05) is 30.3 Å². The summed E-state index contributed by atoms with van der Waals surface area (Å²) in [5.74, 6) is 0.825. The Hall–Kier alpha value is -3.08. The van der Waals surface area contributed by atoms with E-state index in [1.54, 1.807) is 24.5 Å². The van der Waals surface area contributed by atoms with Crippen LogP contribution in [0.5, 0.6) is 5.75 Å². The molecule has 0 fully saturated rings. The number of hydrogen-bond acceptors (Lipinski definition) is 4. The number of rotatable bonds is 4. The molecular weight excluding hydrogens is 278 g/mol. The third kappa shape index (κ3) is 3.15. The molecule has 22 heavy (non-hydrogen) atoms. The first-order valence-electron chi connectivity index (χ1n) is 6.84. The van der Waals surface area contributed by atoms with Crippen molar-refractivity contribution in [3.63, 3.8) is 0 Å². The van der Waals surface area contributed by atoms with Gasteiger partial charge >= 0.3 is 0 Å². The van der Waals surface area contributed by atoms with Gasteiger partial charge in [0.2, 0.25) is 5.56 Å².